The number of ether oxygens (including phenoxy) is 1. The average Bonchev–Trinajstić information content (AvgIpc) is 2.71. The second-order valence-electron chi connectivity index (χ2n) is 3.83. The van der Waals surface area contributed by atoms with Crippen LogP contribution in [0.4, 0.5) is 0 Å². The van der Waals surface area contributed by atoms with Crippen LogP contribution in [0.2, 0.25) is 0 Å². The number of rotatable bonds is 5. The molecule has 1 saturated heterocycles. The molecule has 1 aliphatic heterocycles. The van der Waals surface area contributed by atoms with Crippen molar-refractivity contribution < 1.29 is 9.53 Å². The smallest absolute Gasteiger partial charge is 0.323 e. The number of carbonyl (C=O) groups is 1. The first-order valence-electron chi connectivity index (χ1n) is 5.48. The third-order valence-corrected chi connectivity index (χ3v) is 2.82. The van der Waals surface area contributed by atoms with Crippen molar-refractivity contribution in [1.29, 1.82) is 5.26 Å². The highest BCUT2D eigenvalue weighted by Crippen LogP contribution is 2.18. The van der Waals surface area contributed by atoms with Gasteiger partial charge in [-0.1, -0.05) is 0 Å². The highest BCUT2D eigenvalue weighted by molar-refractivity contribution is 5.75. The fourth-order valence-electron chi connectivity index (χ4n) is 2.02. The van der Waals surface area contributed by atoms with Gasteiger partial charge in [-0.3, -0.25) is 9.69 Å². The van der Waals surface area contributed by atoms with Crippen LogP contribution >= 0.6 is 0 Å². The van der Waals surface area contributed by atoms with E-state index in [2.05, 4.69) is 11.0 Å². The molecule has 0 amide bonds. The fraction of sp³-hybridized carbons (Fsp3) is 0.818. The van der Waals surface area contributed by atoms with Gasteiger partial charge in [-0.05, 0) is 38.8 Å². The Morgan fingerprint density at radius 2 is 2.40 bits per heavy atom. The highest BCUT2D eigenvalue weighted by Gasteiger charge is 2.30. The van der Waals surface area contributed by atoms with Gasteiger partial charge in [0.2, 0.25) is 0 Å². The molecule has 1 unspecified atom stereocenters. The Hall–Kier alpha value is -1.08. The van der Waals surface area contributed by atoms with Crippen molar-refractivity contribution in [2.45, 2.75) is 38.1 Å². The van der Waals surface area contributed by atoms with Gasteiger partial charge in [0, 0.05) is 6.42 Å². The minimum absolute atomic E-state index is 0.0444. The summed E-state index contributed by atoms with van der Waals surface area (Å²) in [5, 5.41) is 8.40. The van der Waals surface area contributed by atoms with Crippen LogP contribution in [0.3, 0.4) is 0 Å². The summed E-state index contributed by atoms with van der Waals surface area (Å²) in [6, 6.07) is 2.08. The van der Waals surface area contributed by atoms with E-state index in [1.807, 2.05) is 0 Å². The zero-order valence-corrected chi connectivity index (χ0v) is 9.24. The molecule has 0 aliphatic carbocycles. The normalized spacial score (nSPS) is 21.2. The van der Waals surface area contributed by atoms with E-state index >= 15 is 0 Å². The molecule has 0 spiro atoms. The van der Waals surface area contributed by atoms with Gasteiger partial charge in [0.05, 0.1) is 13.2 Å². The van der Waals surface area contributed by atoms with E-state index in [4.69, 9.17) is 10.00 Å². The Balaban J connectivity index is 2.28. The predicted octanol–water partition coefficient (Wildman–Crippen LogP) is 1.32. The molecule has 1 rings (SSSR count). The Labute approximate surface area is 90.8 Å². The molecule has 1 aliphatic rings. The van der Waals surface area contributed by atoms with Gasteiger partial charge < -0.3 is 4.74 Å². The quantitative estimate of drug-likeness (QED) is 0.507. The molecule has 0 aromatic heterocycles. The summed E-state index contributed by atoms with van der Waals surface area (Å²) >= 11 is 0. The zero-order valence-electron chi connectivity index (χ0n) is 9.24. The summed E-state index contributed by atoms with van der Waals surface area (Å²) in [6.07, 6.45) is 4.49. The van der Waals surface area contributed by atoms with Crippen molar-refractivity contribution in [3.05, 3.63) is 0 Å². The highest BCUT2D eigenvalue weighted by atomic mass is 16.5. The van der Waals surface area contributed by atoms with Gasteiger partial charge in [0.1, 0.15) is 6.04 Å². The summed E-state index contributed by atoms with van der Waals surface area (Å²) in [5.74, 6) is -0.118. The number of methoxy groups -OCH3 is 1. The number of esters is 1. The molecule has 1 fully saturated rings. The van der Waals surface area contributed by atoms with E-state index in [0.717, 1.165) is 38.8 Å². The lowest BCUT2D eigenvalue weighted by molar-refractivity contribution is -0.145. The lowest BCUT2D eigenvalue weighted by atomic mass is 10.2. The van der Waals surface area contributed by atoms with Crippen molar-refractivity contribution in [2.75, 3.05) is 20.2 Å². The molecular formula is C11H18N2O2. The summed E-state index contributed by atoms with van der Waals surface area (Å²) < 4.78 is 4.76. The minimum atomic E-state index is -0.118. The molecule has 84 valence electrons. The first-order chi connectivity index (χ1) is 7.29. The fourth-order valence-corrected chi connectivity index (χ4v) is 2.02. The van der Waals surface area contributed by atoms with Crippen molar-refractivity contribution in [2.24, 2.45) is 0 Å². The number of nitrogens with zero attached hydrogens (tertiary/aromatic N) is 2. The maximum Gasteiger partial charge on any atom is 0.323 e. The average molecular weight is 210 g/mol. The van der Waals surface area contributed by atoms with Gasteiger partial charge >= 0.3 is 5.97 Å². The van der Waals surface area contributed by atoms with Crippen LogP contribution in [-0.2, 0) is 9.53 Å². The SMILES string of the molecule is COC(=O)C1CCCN1CCCCC#N. The van der Waals surface area contributed by atoms with E-state index in [0.29, 0.717) is 6.42 Å². The van der Waals surface area contributed by atoms with Crippen molar-refractivity contribution in [1.82, 2.24) is 4.90 Å². The van der Waals surface area contributed by atoms with Gasteiger partial charge in [0.25, 0.3) is 0 Å². The van der Waals surface area contributed by atoms with Crippen LogP contribution in [0.1, 0.15) is 32.1 Å². The summed E-state index contributed by atoms with van der Waals surface area (Å²) in [6.45, 7) is 1.88. The molecule has 4 nitrogen and oxygen atoms in total. The van der Waals surface area contributed by atoms with E-state index < -0.39 is 0 Å². The van der Waals surface area contributed by atoms with Gasteiger partial charge in [-0.25, -0.2) is 0 Å². The largest absolute Gasteiger partial charge is 0.468 e. The van der Waals surface area contributed by atoms with Crippen LogP contribution in [0.25, 0.3) is 0 Å². The third-order valence-electron chi connectivity index (χ3n) is 2.82. The molecule has 1 heterocycles. The summed E-state index contributed by atoms with van der Waals surface area (Å²) in [4.78, 5) is 13.6. The van der Waals surface area contributed by atoms with E-state index in [1.54, 1.807) is 0 Å². The first-order valence-corrected chi connectivity index (χ1v) is 5.48. The van der Waals surface area contributed by atoms with Crippen LogP contribution in [0.5, 0.6) is 0 Å². The lowest BCUT2D eigenvalue weighted by Gasteiger charge is -2.21. The summed E-state index contributed by atoms with van der Waals surface area (Å²) in [5.41, 5.74) is 0. The van der Waals surface area contributed by atoms with E-state index in [1.165, 1.54) is 7.11 Å². The van der Waals surface area contributed by atoms with Gasteiger partial charge in [-0.2, -0.15) is 5.26 Å². The molecule has 0 aromatic rings. The van der Waals surface area contributed by atoms with Crippen molar-refractivity contribution in [3.8, 4) is 6.07 Å². The molecule has 0 N–H and O–H groups in total. The second kappa shape index (κ2) is 6.41. The number of hydrogen-bond acceptors (Lipinski definition) is 4. The maximum absolute atomic E-state index is 11.4. The molecule has 0 aromatic carbocycles. The number of nitriles is 1. The molecule has 0 bridgehead atoms. The predicted molar refractivity (Wildman–Crippen MR) is 56.1 cm³/mol. The topological polar surface area (TPSA) is 53.3 Å². The Morgan fingerprint density at radius 1 is 1.60 bits per heavy atom. The van der Waals surface area contributed by atoms with Crippen LogP contribution in [0, 0.1) is 11.3 Å². The standard InChI is InChI=1S/C11H18N2O2/c1-15-11(14)10-6-5-9-13(10)8-4-2-3-7-12/h10H,2-6,8-9H2,1H3. The molecule has 0 saturated carbocycles. The van der Waals surface area contributed by atoms with Gasteiger partial charge in [0.15, 0.2) is 0 Å². The number of unbranched alkanes of at least 4 members (excludes halogenated alkanes) is 2. The van der Waals surface area contributed by atoms with Crippen molar-refractivity contribution in [3.63, 3.8) is 0 Å². The Kier molecular flexibility index (Phi) is 5.13. The van der Waals surface area contributed by atoms with Crippen LogP contribution in [0.15, 0.2) is 0 Å². The zero-order chi connectivity index (χ0) is 11.1. The van der Waals surface area contributed by atoms with Crippen LogP contribution < -0.4 is 0 Å². The maximum atomic E-state index is 11.4. The number of likely N-dealkylation sites (tertiary alicyclic amines) is 1. The number of carbonyl (C=O) groups excluding carboxylic acids is 1. The summed E-state index contributed by atoms with van der Waals surface area (Å²) in [7, 11) is 1.44. The molecule has 1 atom stereocenters. The Morgan fingerprint density at radius 3 is 3.07 bits per heavy atom. The molecular weight excluding hydrogens is 192 g/mol. The third kappa shape index (κ3) is 3.52. The van der Waals surface area contributed by atoms with E-state index in [-0.39, 0.29) is 12.0 Å². The second-order valence-corrected chi connectivity index (χ2v) is 3.83. The number of hydrogen-bond donors (Lipinski definition) is 0. The van der Waals surface area contributed by atoms with Crippen LogP contribution in [-0.4, -0.2) is 37.1 Å². The van der Waals surface area contributed by atoms with E-state index in [9.17, 15) is 4.79 Å². The Bertz CT molecular complexity index is 247. The minimum Gasteiger partial charge on any atom is -0.468 e. The first kappa shape index (κ1) is 12.0. The van der Waals surface area contributed by atoms with Crippen molar-refractivity contribution >= 4 is 5.97 Å². The monoisotopic (exact) mass is 210 g/mol. The molecule has 0 radical (unpaired) electrons. The lowest BCUT2D eigenvalue weighted by Crippen LogP contribution is -2.37. The van der Waals surface area contributed by atoms with Gasteiger partial charge in [-0.15, -0.1) is 0 Å². The molecule has 15 heavy (non-hydrogen) atoms. The molecule has 4 heteroatoms.